The van der Waals surface area contributed by atoms with Gasteiger partial charge < -0.3 is 0 Å². The number of hydrogen-bond acceptors (Lipinski definition) is 2. The fourth-order valence-electron chi connectivity index (χ4n) is 0.529. The summed E-state index contributed by atoms with van der Waals surface area (Å²) in [6, 6.07) is 0. The number of nitrogens with one attached hydrogen (secondary N) is 1. The monoisotopic (exact) mass is 331 g/mol. The first-order chi connectivity index (χ1) is 7.96. The van der Waals surface area contributed by atoms with Crippen molar-refractivity contribution in [1.29, 1.82) is 0 Å². The minimum absolute atomic E-state index is 0.115. The molecule has 0 aromatic rings. The van der Waals surface area contributed by atoms with Crippen LogP contribution in [0.25, 0.3) is 0 Å². The summed E-state index contributed by atoms with van der Waals surface area (Å²) < 4.78 is 139. The van der Waals surface area contributed by atoms with Crippen molar-refractivity contribution in [1.82, 2.24) is 4.72 Å². The second-order valence-corrected chi connectivity index (χ2v) is 4.85. The molecule has 0 atom stereocenters. The normalized spacial score (nSPS) is 15.7. The molecular weight excluding hydrogens is 328 g/mol. The fraction of sp³-hybridized carbons (Fsp3) is 1.00. The Kier molecular flexibility index (Phi) is 4.45. The fourth-order valence-corrected chi connectivity index (χ4v) is 1.39. The summed E-state index contributed by atoms with van der Waals surface area (Å²) in [6.45, 7) is -2.98. The van der Waals surface area contributed by atoms with Gasteiger partial charge in [0.05, 0.1) is 6.54 Å². The highest BCUT2D eigenvalue weighted by Crippen LogP contribution is 2.40. The largest absolute Gasteiger partial charge is 0.470 e. The van der Waals surface area contributed by atoms with Crippen LogP contribution in [0.5, 0.6) is 0 Å². The third-order valence-corrected chi connectivity index (χ3v) is 3.00. The van der Waals surface area contributed by atoms with Crippen molar-refractivity contribution in [2.45, 2.75) is 23.5 Å². The van der Waals surface area contributed by atoms with E-state index in [0.717, 1.165) is 0 Å². The predicted molar refractivity (Wildman–Crippen MR) is 38.9 cm³/mol. The van der Waals surface area contributed by atoms with Gasteiger partial charge in [0.2, 0.25) is 0 Å². The molecule has 19 heavy (non-hydrogen) atoms. The molecule has 0 rings (SSSR count). The summed E-state index contributed by atoms with van der Waals surface area (Å²) >= 11 is 0. The third kappa shape index (κ3) is 3.61. The van der Waals surface area contributed by atoms with Crippen LogP contribution < -0.4 is 4.72 Å². The molecule has 0 aliphatic carbocycles. The Labute approximate surface area is 98.2 Å². The summed E-state index contributed by atoms with van der Waals surface area (Å²) in [5.74, 6) is -5.80. The summed E-state index contributed by atoms with van der Waals surface area (Å²) in [5, 5.41) is -6.51. The molecule has 0 fully saturated rings. The zero-order valence-electron chi connectivity index (χ0n) is 8.21. The minimum Gasteiger partial charge on any atom is -0.206 e. The van der Waals surface area contributed by atoms with Crippen LogP contribution in [0.2, 0.25) is 0 Å². The molecule has 3 nitrogen and oxygen atoms in total. The zero-order chi connectivity index (χ0) is 15.9. The van der Waals surface area contributed by atoms with Crippen LogP contribution in [0, 0.1) is 0 Å². The lowest BCUT2D eigenvalue weighted by Crippen LogP contribution is -2.54. The molecule has 0 aliphatic rings. The molecule has 14 heteroatoms. The van der Waals surface area contributed by atoms with Gasteiger partial charge in [-0.3, -0.25) is 0 Å². The predicted octanol–water partition coefficient (Wildman–Crippen LogP) is 2.26. The van der Waals surface area contributed by atoms with E-state index in [9.17, 15) is 52.3 Å². The van der Waals surface area contributed by atoms with E-state index < -0.39 is 40.1 Å². The van der Waals surface area contributed by atoms with E-state index in [1.165, 1.54) is 0 Å². The second-order valence-electron chi connectivity index (χ2n) is 3.04. The molecule has 0 saturated carbocycles. The highest BCUT2D eigenvalue weighted by molar-refractivity contribution is 7.90. The molecule has 0 aliphatic heterocycles. The maximum Gasteiger partial charge on any atom is 0.470 e. The summed E-state index contributed by atoms with van der Waals surface area (Å²) in [4.78, 5) is 0. The first-order valence-corrected chi connectivity index (χ1v) is 5.32. The van der Waals surface area contributed by atoms with E-state index in [0.29, 0.717) is 0 Å². The van der Waals surface area contributed by atoms with Gasteiger partial charge in [0.15, 0.2) is 0 Å². The lowest BCUT2D eigenvalue weighted by molar-refractivity contribution is -0.278. The van der Waals surface area contributed by atoms with Crippen molar-refractivity contribution in [3.8, 4) is 0 Å². The number of hydrogen-bond donors (Lipinski definition) is 1. The number of alkyl halides is 10. The lowest BCUT2D eigenvalue weighted by Gasteiger charge is -2.23. The average Bonchev–Trinajstić information content (AvgIpc) is 2.11. The topological polar surface area (TPSA) is 46.2 Å². The van der Waals surface area contributed by atoms with Crippen LogP contribution in [0.3, 0.4) is 0 Å². The molecule has 116 valence electrons. The van der Waals surface area contributed by atoms with Gasteiger partial charge in [0.25, 0.3) is 10.0 Å². The van der Waals surface area contributed by atoms with Crippen LogP contribution in [0.1, 0.15) is 0 Å². The molecule has 0 radical (unpaired) electrons. The Morgan fingerprint density at radius 3 is 1.37 bits per heavy atom. The van der Waals surface area contributed by atoms with Gasteiger partial charge in [0.1, 0.15) is 0 Å². The molecule has 0 amide bonds. The van der Waals surface area contributed by atoms with E-state index >= 15 is 0 Å². The first-order valence-electron chi connectivity index (χ1n) is 3.84. The average molecular weight is 331 g/mol. The molecule has 0 bridgehead atoms. The molecule has 0 heterocycles. The van der Waals surface area contributed by atoms with E-state index in [1.54, 1.807) is 0 Å². The number of rotatable bonds is 4. The van der Waals surface area contributed by atoms with Crippen molar-refractivity contribution >= 4 is 10.0 Å². The first kappa shape index (κ1) is 18.2. The molecule has 0 saturated heterocycles. The van der Waals surface area contributed by atoms with E-state index in [-0.39, 0.29) is 4.72 Å². The zero-order valence-corrected chi connectivity index (χ0v) is 9.03. The van der Waals surface area contributed by atoms with E-state index in [4.69, 9.17) is 0 Å². The summed E-state index contributed by atoms with van der Waals surface area (Å²) in [6.07, 6.45) is -13.0. The maximum atomic E-state index is 12.3. The van der Waals surface area contributed by atoms with Crippen LogP contribution in [-0.2, 0) is 10.0 Å². The van der Waals surface area contributed by atoms with Crippen molar-refractivity contribution < 1.29 is 52.3 Å². The number of halogens is 10. The van der Waals surface area contributed by atoms with Crippen molar-refractivity contribution in [2.24, 2.45) is 0 Å². The SMILES string of the molecule is O=S(=O)(NCC(F)(F)C(F)(F)F)C(F)(F)C(F)(F)F. The highest BCUT2D eigenvalue weighted by atomic mass is 32.2. The second kappa shape index (κ2) is 4.64. The Bertz CT molecular complexity index is 420. The minimum atomic E-state index is -6.80. The molecule has 0 aromatic carbocycles. The smallest absolute Gasteiger partial charge is 0.206 e. The Balaban J connectivity index is 5.14. The van der Waals surface area contributed by atoms with E-state index in [2.05, 4.69) is 0 Å². The Morgan fingerprint density at radius 2 is 1.11 bits per heavy atom. The van der Waals surface area contributed by atoms with E-state index in [1.807, 2.05) is 0 Å². The quantitative estimate of drug-likeness (QED) is 0.804. The van der Waals surface area contributed by atoms with Crippen molar-refractivity contribution in [2.75, 3.05) is 6.54 Å². The van der Waals surface area contributed by atoms with Crippen LogP contribution in [0.4, 0.5) is 43.9 Å². The lowest BCUT2D eigenvalue weighted by atomic mass is 10.3. The van der Waals surface area contributed by atoms with Crippen LogP contribution >= 0.6 is 0 Å². The van der Waals surface area contributed by atoms with Gasteiger partial charge in [-0.15, -0.1) is 0 Å². The Morgan fingerprint density at radius 1 is 0.737 bits per heavy atom. The third-order valence-electron chi connectivity index (χ3n) is 1.57. The molecule has 1 N–H and O–H groups in total. The maximum absolute atomic E-state index is 12.3. The van der Waals surface area contributed by atoms with Crippen LogP contribution in [0.15, 0.2) is 0 Å². The molecule has 0 spiro atoms. The summed E-state index contributed by atoms with van der Waals surface area (Å²) in [5.41, 5.74) is 0. The van der Waals surface area contributed by atoms with Gasteiger partial charge >= 0.3 is 23.5 Å². The van der Waals surface area contributed by atoms with Gasteiger partial charge in [-0.2, -0.15) is 43.9 Å². The Hall–Kier alpha value is -0.790. The molecule has 0 unspecified atom stereocenters. The van der Waals surface area contributed by atoms with Gasteiger partial charge in [-0.05, 0) is 0 Å². The van der Waals surface area contributed by atoms with Gasteiger partial charge in [-0.1, -0.05) is 0 Å². The van der Waals surface area contributed by atoms with Crippen molar-refractivity contribution in [3.63, 3.8) is 0 Å². The van der Waals surface area contributed by atoms with Gasteiger partial charge in [0, 0.05) is 0 Å². The molecular formula is C5H3F10NO2S. The van der Waals surface area contributed by atoms with Crippen molar-refractivity contribution in [3.05, 3.63) is 0 Å². The summed E-state index contributed by atoms with van der Waals surface area (Å²) in [7, 11) is -6.80. The van der Waals surface area contributed by atoms with Gasteiger partial charge in [-0.25, -0.2) is 13.1 Å². The van der Waals surface area contributed by atoms with Crippen LogP contribution in [-0.4, -0.2) is 38.5 Å². The number of sulfonamides is 1. The standard InChI is InChI=1S/C5H3F10NO2S/c6-2(7,3(8,9)10)1-16-19(17,18)5(14,15)4(11,12)13/h16H,1H2. The highest BCUT2D eigenvalue weighted by Gasteiger charge is 2.68. The molecule has 0 aromatic heterocycles.